The lowest BCUT2D eigenvalue weighted by Crippen LogP contribution is -2.29. The standard InChI is InChI=1S/C30H38O6Si/c1-33-26-16-10-23(11-17-26)30(32,24-12-18-27(34-2)19-13-24)25-14-20-28(21-15-25)35-22-8-6-7-9-29(31)36-37(3,4)5/h10-21,32H,6-9,22H2,1-5H3. The molecular formula is C30H38O6Si. The predicted octanol–water partition coefficient (Wildman–Crippen LogP) is 6.31. The Labute approximate surface area is 221 Å². The minimum absolute atomic E-state index is 0.100. The number of ether oxygens (including phenoxy) is 3. The van der Waals surface area contributed by atoms with Crippen LogP contribution in [-0.4, -0.2) is 40.2 Å². The Morgan fingerprint density at radius 3 is 1.54 bits per heavy atom. The molecule has 1 N–H and O–H groups in total. The number of methoxy groups -OCH3 is 2. The number of benzene rings is 3. The summed E-state index contributed by atoms with van der Waals surface area (Å²) in [7, 11) is 1.42. The van der Waals surface area contributed by atoms with Crippen molar-refractivity contribution >= 4 is 14.3 Å². The van der Waals surface area contributed by atoms with Crippen molar-refractivity contribution in [1.29, 1.82) is 0 Å². The summed E-state index contributed by atoms with van der Waals surface area (Å²) in [6, 6.07) is 22.3. The number of aliphatic hydroxyl groups is 1. The van der Waals surface area contributed by atoms with E-state index < -0.39 is 13.9 Å². The lowest BCUT2D eigenvalue weighted by molar-refractivity contribution is -0.135. The zero-order chi connectivity index (χ0) is 26.9. The van der Waals surface area contributed by atoms with Gasteiger partial charge in [0.2, 0.25) is 8.32 Å². The van der Waals surface area contributed by atoms with Crippen LogP contribution >= 0.6 is 0 Å². The molecule has 0 aliphatic rings. The van der Waals surface area contributed by atoms with Gasteiger partial charge in [-0.1, -0.05) is 36.4 Å². The van der Waals surface area contributed by atoms with Gasteiger partial charge >= 0.3 is 0 Å². The molecule has 0 fully saturated rings. The van der Waals surface area contributed by atoms with Crippen LogP contribution in [0.4, 0.5) is 0 Å². The van der Waals surface area contributed by atoms with Gasteiger partial charge < -0.3 is 23.7 Å². The SMILES string of the molecule is COc1ccc(C(O)(c2ccc(OC)cc2)c2ccc(OCCCCCC(=O)O[Si](C)(C)C)cc2)cc1. The maximum atomic E-state index is 12.1. The third kappa shape index (κ3) is 7.84. The van der Waals surface area contributed by atoms with E-state index >= 15 is 0 Å². The van der Waals surface area contributed by atoms with Crippen LogP contribution in [0.1, 0.15) is 42.4 Å². The van der Waals surface area contributed by atoms with E-state index in [0.29, 0.717) is 13.0 Å². The van der Waals surface area contributed by atoms with Crippen LogP contribution in [0, 0.1) is 0 Å². The summed E-state index contributed by atoms with van der Waals surface area (Å²) >= 11 is 0. The third-order valence-corrected chi connectivity index (χ3v) is 6.84. The van der Waals surface area contributed by atoms with Crippen LogP contribution in [0.25, 0.3) is 0 Å². The van der Waals surface area contributed by atoms with E-state index in [-0.39, 0.29) is 5.97 Å². The van der Waals surface area contributed by atoms with E-state index in [1.54, 1.807) is 14.2 Å². The number of hydrogen-bond donors (Lipinski definition) is 1. The molecule has 0 spiro atoms. The van der Waals surface area contributed by atoms with Crippen molar-refractivity contribution in [2.24, 2.45) is 0 Å². The third-order valence-electron chi connectivity index (χ3n) is 6.00. The van der Waals surface area contributed by atoms with Crippen LogP contribution in [0.3, 0.4) is 0 Å². The van der Waals surface area contributed by atoms with Gasteiger partial charge in [-0.25, -0.2) is 0 Å². The van der Waals surface area contributed by atoms with E-state index in [0.717, 1.165) is 53.2 Å². The molecule has 198 valence electrons. The van der Waals surface area contributed by atoms with Gasteiger partial charge in [-0.2, -0.15) is 0 Å². The summed E-state index contributed by atoms with van der Waals surface area (Å²) < 4.78 is 22.0. The van der Waals surface area contributed by atoms with E-state index in [2.05, 4.69) is 0 Å². The largest absolute Gasteiger partial charge is 0.520 e. The zero-order valence-corrected chi connectivity index (χ0v) is 23.5. The fourth-order valence-corrected chi connectivity index (χ4v) is 4.87. The molecular weight excluding hydrogens is 484 g/mol. The van der Waals surface area contributed by atoms with Crippen molar-refractivity contribution < 1.29 is 28.5 Å². The molecule has 0 aliphatic heterocycles. The van der Waals surface area contributed by atoms with Gasteiger partial charge in [0.25, 0.3) is 5.97 Å². The Hall–Kier alpha value is -3.29. The highest BCUT2D eigenvalue weighted by Crippen LogP contribution is 2.38. The molecule has 0 aliphatic carbocycles. The van der Waals surface area contributed by atoms with Crippen molar-refractivity contribution in [3.8, 4) is 17.2 Å². The fourth-order valence-electron chi connectivity index (χ4n) is 4.09. The molecule has 7 heteroatoms. The molecule has 0 atom stereocenters. The van der Waals surface area contributed by atoms with Crippen LogP contribution in [0.5, 0.6) is 17.2 Å². The fraction of sp³-hybridized carbons (Fsp3) is 0.367. The smallest absolute Gasteiger partial charge is 0.292 e. The Kier molecular flexibility index (Phi) is 9.77. The molecule has 3 rings (SSSR count). The molecule has 0 radical (unpaired) electrons. The molecule has 6 nitrogen and oxygen atoms in total. The summed E-state index contributed by atoms with van der Waals surface area (Å²) in [6.07, 6.45) is 2.99. The number of carbonyl (C=O) groups excluding carboxylic acids is 1. The minimum Gasteiger partial charge on any atom is -0.520 e. The van der Waals surface area contributed by atoms with Crippen molar-refractivity contribution in [3.05, 3.63) is 89.5 Å². The number of carbonyl (C=O) groups is 1. The topological polar surface area (TPSA) is 74.2 Å². The van der Waals surface area contributed by atoms with Crippen molar-refractivity contribution in [2.45, 2.75) is 50.9 Å². The maximum Gasteiger partial charge on any atom is 0.292 e. The highest BCUT2D eigenvalue weighted by Gasteiger charge is 2.34. The molecule has 0 saturated carbocycles. The normalized spacial score (nSPS) is 11.6. The summed E-state index contributed by atoms with van der Waals surface area (Å²) in [5.41, 5.74) is 0.789. The predicted molar refractivity (Wildman–Crippen MR) is 148 cm³/mol. The van der Waals surface area contributed by atoms with Crippen LogP contribution in [-0.2, 0) is 14.8 Å². The van der Waals surface area contributed by atoms with Gasteiger partial charge in [0.15, 0.2) is 0 Å². The molecule has 3 aromatic rings. The average Bonchev–Trinajstić information content (AvgIpc) is 2.89. The minimum atomic E-state index is -1.81. The quantitative estimate of drug-likeness (QED) is 0.161. The first kappa shape index (κ1) is 28.3. The Balaban J connectivity index is 1.66. The summed E-state index contributed by atoms with van der Waals surface area (Å²) in [4.78, 5) is 11.8. The lowest BCUT2D eigenvalue weighted by atomic mass is 9.80. The van der Waals surface area contributed by atoms with E-state index in [1.807, 2.05) is 92.4 Å². The molecule has 37 heavy (non-hydrogen) atoms. The van der Waals surface area contributed by atoms with Crippen LogP contribution in [0.15, 0.2) is 72.8 Å². The van der Waals surface area contributed by atoms with Gasteiger partial charge in [-0.05, 0) is 92.0 Å². The molecule has 0 heterocycles. The summed E-state index contributed by atoms with van der Waals surface area (Å²) in [6.45, 7) is 6.60. The molecule has 0 aromatic heterocycles. The van der Waals surface area contributed by atoms with Crippen molar-refractivity contribution in [1.82, 2.24) is 0 Å². The van der Waals surface area contributed by atoms with Crippen LogP contribution < -0.4 is 14.2 Å². The molecule has 0 amide bonds. The second-order valence-electron chi connectivity index (χ2n) is 9.94. The first-order valence-electron chi connectivity index (χ1n) is 12.6. The molecule has 0 unspecified atom stereocenters. The van der Waals surface area contributed by atoms with Crippen LogP contribution in [0.2, 0.25) is 19.6 Å². The van der Waals surface area contributed by atoms with Gasteiger partial charge in [-0.3, -0.25) is 4.79 Å². The van der Waals surface area contributed by atoms with Gasteiger partial charge in [0.05, 0.1) is 20.8 Å². The number of hydrogen-bond acceptors (Lipinski definition) is 6. The van der Waals surface area contributed by atoms with Crippen molar-refractivity contribution in [2.75, 3.05) is 20.8 Å². The zero-order valence-electron chi connectivity index (χ0n) is 22.5. The molecule has 0 bridgehead atoms. The average molecular weight is 523 g/mol. The first-order chi connectivity index (χ1) is 17.7. The Morgan fingerprint density at radius 2 is 1.14 bits per heavy atom. The number of rotatable bonds is 13. The van der Waals surface area contributed by atoms with Gasteiger partial charge in [-0.15, -0.1) is 0 Å². The highest BCUT2D eigenvalue weighted by molar-refractivity contribution is 6.71. The second kappa shape index (κ2) is 12.8. The highest BCUT2D eigenvalue weighted by atomic mass is 28.4. The maximum absolute atomic E-state index is 12.1. The van der Waals surface area contributed by atoms with E-state index in [1.165, 1.54) is 0 Å². The monoisotopic (exact) mass is 522 g/mol. The summed E-state index contributed by atoms with van der Waals surface area (Å²) in [5.74, 6) is 2.07. The summed E-state index contributed by atoms with van der Waals surface area (Å²) in [5, 5.41) is 12.1. The molecule has 0 saturated heterocycles. The Morgan fingerprint density at radius 1 is 0.703 bits per heavy atom. The lowest BCUT2D eigenvalue weighted by Gasteiger charge is -2.30. The Bertz CT molecular complexity index is 1070. The first-order valence-corrected chi connectivity index (χ1v) is 16.0. The number of unbranched alkanes of at least 4 members (excludes halogenated alkanes) is 2. The van der Waals surface area contributed by atoms with E-state index in [4.69, 9.17) is 18.6 Å². The second-order valence-corrected chi connectivity index (χ2v) is 14.4. The van der Waals surface area contributed by atoms with E-state index in [9.17, 15) is 9.90 Å². The van der Waals surface area contributed by atoms with Gasteiger partial charge in [0, 0.05) is 6.42 Å². The van der Waals surface area contributed by atoms with Gasteiger partial charge in [0.1, 0.15) is 22.8 Å². The molecule has 3 aromatic carbocycles. The van der Waals surface area contributed by atoms with Crippen molar-refractivity contribution in [3.63, 3.8) is 0 Å².